The number of hydrogen-bond donors (Lipinski definition) is 2. The van der Waals surface area contributed by atoms with Gasteiger partial charge in [0, 0.05) is 25.8 Å². The van der Waals surface area contributed by atoms with Crippen LogP contribution in [0.2, 0.25) is 0 Å². The molecule has 0 bridgehead atoms. The molecule has 1 aliphatic rings. The van der Waals surface area contributed by atoms with Crippen LogP contribution in [0.5, 0.6) is 0 Å². The summed E-state index contributed by atoms with van der Waals surface area (Å²) in [5, 5.41) is 2.76. The van der Waals surface area contributed by atoms with Crippen LogP contribution in [0.25, 0.3) is 11.2 Å². The van der Waals surface area contributed by atoms with E-state index in [2.05, 4.69) is 20.3 Å². The molecular weight excluding hydrogens is 425 g/mol. The van der Waals surface area contributed by atoms with Crippen LogP contribution in [0.4, 0.5) is 5.82 Å². The third-order valence-corrected chi connectivity index (χ3v) is 5.48. The van der Waals surface area contributed by atoms with Crippen molar-refractivity contribution in [3.8, 4) is 0 Å². The Morgan fingerprint density at radius 2 is 2.10 bits per heavy atom. The molecule has 1 saturated heterocycles. The van der Waals surface area contributed by atoms with Gasteiger partial charge in [0.15, 0.2) is 23.2 Å². The highest BCUT2D eigenvalue weighted by molar-refractivity contribution is 7.51. The first kappa shape index (κ1) is 21.5. The van der Waals surface area contributed by atoms with E-state index in [1.165, 1.54) is 12.7 Å². The van der Waals surface area contributed by atoms with Crippen LogP contribution in [0, 0.1) is 0 Å². The van der Waals surface area contributed by atoms with Gasteiger partial charge >= 0.3 is 7.60 Å². The fraction of sp³-hybridized carbons (Fsp3) is 0.368. The number of nitrogens with one attached hydrogen (secondary N) is 1. The van der Waals surface area contributed by atoms with Crippen molar-refractivity contribution >= 4 is 30.5 Å². The van der Waals surface area contributed by atoms with Crippen LogP contribution in [-0.2, 0) is 18.6 Å². The van der Waals surface area contributed by atoms with E-state index in [9.17, 15) is 14.3 Å². The SMILES string of the molecule is CO[C@H]1C[C@@H](COP(C)(=O)O)OC1n1cnc2c(NC(=O)c3ccccc3)ncnc21. The maximum Gasteiger partial charge on any atom is 0.325 e. The zero-order valence-corrected chi connectivity index (χ0v) is 17.8. The smallest absolute Gasteiger partial charge is 0.325 e. The molecule has 3 heterocycles. The first-order chi connectivity index (χ1) is 14.9. The lowest BCUT2D eigenvalue weighted by Gasteiger charge is -2.19. The van der Waals surface area contributed by atoms with Crippen molar-refractivity contribution in [3.05, 3.63) is 48.5 Å². The highest BCUT2D eigenvalue weighted by Gasteiger charge is 2.38. The normalized spacial score (nSPS) is 23.0. The molecule has 0 saturated carbocycles. The summed E-state index contributed by atoms with van der Waals surface area (Å²) in [6.07, 6.45) is 1.96. The summed E-state index contributed by atoms with van der Waals surface area (Å²) in [6.45, 7) is 1.08. The van der Waals surface area contributed by atoms with Crippen molar-refractivity contribution in [2.75, 3.05) is 25.7 Å². The summed E-state index contributed by atoms with van der Waals surface area (Å²) >= 11 is 0. The van der Waals surface area contributed by atoms with Crippen molar-refractivity contribution in [2.45, 2.75) is 24.9 Å². The molecule has 2 N–H and O–H groups in total. The van der Waals surface area contributed by atoms with Crippen LogP contribution >= 0.6 is 7.60 Å². The quantitative estimate of drug-likeness (QED) is 0.522. The average Bonchev–Trinajstić information content (AvgIpc) is 3.36. The van der Waals surface area contributed by atoms with Crippen LogP contribution in [0.1, 0.15) is 23.0 Å². The lowest BCUT2D eigenvalue weighted by molar-refractivity contribution is -0.0565. The van der Waals surface area contributed by atoms with Gasteiger partial charge in [0.2, 0.25) is 0 Å². The van der Waals surface area contributed by atoms with Gasteiger partial charge in [-0.2, -0.15) is 0 Å². The minimum atomic E-state index is -3.61. The van der Waals surface area contributed by atoms with Crippen LogP contribution < -0.4 is 5.32 Å². The maximum atomic E-state index is 12.5. The van der Waals surface area contributed by atoms with Crippen LogP contribution in [-0.4, -0.2) is 62.9 Å². The summed E-state index contributed by atoms with van der Waals surface area (Å²) in [5.41, 5.74) is 1.35. The lowest BCUT2D eigenvalue weighted by Crippen LogP contribution is -2.21. The number of ether oxygens (including phenoxy) is 2. The lowest BCUT2D eigenvalue weighted by atomic mass is 10.2. The molecule has 0 aliphatic carbocycles. The van der Waals surface area contributed by atoms with E-state index in [0.717, 1.165) is 6.66 Å². The molecule has 1 amide bonds. The van der Waals surface area contributed by atoms with E-state index >= 15 is 0 Å². The molecule has 0 radical (unpaired) electrons. The number of hydrogen-bond acceptors (Lipinski definition) is 8. The van der Waals surface area contributed by atoms with E-state index < -0.39 is 19.9 Å². The number of imidazole rings is 1. The third kappa shape index (κ3) is 4.81. The minimum absolute atomic E-state index is 0.0410. The molecule has 4 rings (SSSR count). The van der Waals surface area contributed by atoms with E-state index in [4.69, 9.17) is 14.0 Å². The molecule has 11 nitrogen and oxygen atoms in total. The molecule has 2 aromatic heterocycles. The molecule has 31 heavy (non-hydrogen) atoms. The Labute approximate surface area is 177 Å². The predicted octanol–water partition coefficient (Wildman–Crippen LogP) is 2.21. The van der Waals surface area contributed by atoms with Gasteiger partial charge < -0.3 is 24.2 Å². The Morgan fingerprint density at radius 1 is 1.32 bits per heavy atom. The highest BCUT2D eigenvalue weighted by atomic mass is 31.2. The van der Waals surface area contributed by atoms with E-state index in [1.54, 1.807) is 35.9 Å². The Morgan fingerprint density at radius 3 is 2.81 bits per heavy atom. The third-order valence-electron chi connectivity index (χ3n) is 4.85. The number of carbonyl (C=O) groups is 1. The molecule has 2 unspecified atom stereocenters. The first-order valence-corrected chi connectivity index (χ1v) is 11.5. The largest absolute Gasteiger partial charge is 0.377 e. The molecule has 1 aromatic carbocycles. The molecule has 3 aromatic rings. The van der Waals surface area contributed by atoms with Gasteiger partial charge in [-0.25, -0.2) is 15.0 Å². The van der Waals surface area contributed by atoms with Crippen molar-refractivity contribution < 1.29 is 28.3 Å². The Bertz CT molecular complexity index is 1120. The monoisotopic (exact) mass is 447 g/mol. The predicted molar refractivity (Wildman–Crippen MR) is 111 cm³/mol. The van der Waals surface area contributed by atoms with Crippen molar-refractivity contribution in [1.82, 2.24) is 19.5 Å². The second-order valence-corrected chi connectivity index (χ2v) is 8.99. The number of methoxy groups -OCH3 is 1. The number of fused-ring (bicyclic) bond motifs is 1. The van der Waals surface area contributed by atoms with Gasteiger partial charge in [0.05, 0.1) is 19.0 Å². The van der Waals surface area contributed by atoms with Gasteiger partial charge in [-0.15, -0.1) is 0 Å². The zero-order valence-electron chi connectivity index (χ0n) is 16.9. The second kappa shape index (κ2) is 8.81. The van der Waals surface area contributed by atoms with E-state index in [-0.39, 0.29) is 24.4 Å². The van der Waals surface area contributed by atoms with Gasteiger partial charge in [-0.1, -0.05) is 18.2 Å². The molecule has 1 aliphatic heterocycles. The van der Waals surface area contributed by atoms with Gasteiger partial charge in [-0.3, -0.25) is 13.9 Å². The van der Waals surface area contributed by atoms with Gasteiger partial charge in [0.1, 0.15) is 12.4 Å². The number of nitrogens with zero attached hydrogens (tertiary/aromatic N) is 4. The molecule has 1 fully saturated rings. The van der Waals surface area contributed by atoms with E-state index in [0.29, 0.717) is 23.1 Å². The van der Waals surface area contributed by atoms with E-state index in [1.807, 2.05) is 6.07 Å². The fourth-order valence-corrected chi connectivity index (χ4v) is 3.84. The summed E-state index contributed by atoms with van der Waals surface area (Å²) in [5.74, 6) is -0.0381. The number of anilines is 1. The average molecular weight is 447 g/mol. The number of benzene rings is 1. The van der Waals surface area contributed by atoms with Crippen molar-refractivity contribution in [2.24, 2.45) is 0 Å². The van der Waals surface area contributed by atoms with Gasteiger partial charge in [-0.05, 0) is 12.1 Å². The number of rotatable bonds is 7. The minimum Gasteiger partial charge on any atom is -0.377 e. The van der Waals surface area contributed by atoms with Crippen molar-refractivity contribution in [1.29, 1.82) is 0 Å². The first-order valence-electron chi connectivity index (χ1n) is 9.52. The number of amides is 1. The van der Waals surface area contributed by atoms with Gasteiger partial charge in [0.25, 0.3) is 5.91 Å². The molecule has 4 atom stereocenters. The highest BCUT2D eigenvalue weighted by Crippen LogP contribution is 2.39. The Hall–Kier alpha value is -2.69. The van der Waals surface area contributed by atoms with Crippen molar-refractivity contribution in [3.63, 3.8) is 0 Å². The Kier molecular flexibility index (Phi) is 6.12. The molecule has 164 valence electrons. The summed E-state index contributed by atoms with van der Waals surface area (Å²) in [4.78, 5) is 34.7. The molecule has 12 heteroatoms. The van der Waals surface area contributed by atoms with Crippen LogP contribution in [0.15, 0.2) is 43.0 Å². The summed E-state index contributed by atoms with van der Waals surface area (Å²) < 4.78 is 29.6. The number of aromatic nitrogens is 4. The second-order valence-electron chi connectivity index (χ2n) is 7.12. The topological polar surface area (TPSA) is 138 Å². The summed E-state index contributed by atoms with van der Waals surface area (Å²) in [7, 11) is -2.06. The molecule has 0 spiro atoms. The Balaban J connectivity index is 1.57. The summed E-state index contributed by atoms with van der Waals surface area (Å²) in [6, 6.07) is 8.77. The molecular formula is C19H22N5O6P. The fourth-order valence-electron chi connectivity index (χ4n) is 3.40. The number of carbonyl (C=O) groups excluding carboxylic acids is 1. The maximum absolute atomic E-state index is 12.5. The zero-order chi connectivity index (χ0) is 22.0. The van der Waals surface area contributed by atoms with Crippen LogP contribution in [0.3, 0.4) is 0 Å². The standard InChI is InChI=1S/C19H22N5O6P/c1-28-14-8-13(9-29-31(2,26)27)30-19(14)24-11-22-15-16(20-10-21-17(15)24)23-18(25)12-6-4-3-5-7-12/h3-7,10-11,13-14,19H,8-9H2,1-2H3,(H,26,27)(H,20,21,23,25)/t13-,14-,19?/m0/s1.